The van der Waals surface area contributed by atoms with Gasteiger partial charge in [0, 0.05) is 18.5 Å². The molecule has 0 aliphatic carbocycles. The fraction of sp³-hybridized carbons (Fsp3) is 0.900. The predicted octanol–water partition coefficient (Wildman–Crippen LogP) is 1.64. The molecule has 0 N–H and O–H groups in total. The number of halogens is 1. The highest BCUT2D eigenvalue weighted by molar-refractivity contribution is 6.18. The fourth-order valence-electron chi connectivity index (χ4n) is 1.65. The van der Waals surface area contributed by atoms with Crippen molar-refractivity contribution in [3.63, 3.8) is 0 Å². The molecule has 0 bridgehead atoms. The van der Waals surface area contributed by atoms with Gasteiger partial charge >= 0.3 is 0 Å². The molecule has 0 radical (unpaired) electrons. The second-order valence-electron chi connectivity index (χ2n) is 3.90. The lowest BCUT2D eigenvalue weighted by atomic mass is 10.2. The van der Waals surface area contributed by atoms with E-state index in [1.54, 1.807) is 0 Å². The first-order valence-electron chi connectivity index (χ1n) is 5.12. The summed E-state index contributed by atoms with van der Waals surface area (Å²) in [7, 11) is 0. The lowest BCUT2D eigenvalue weighted by molar-refractivity contribution is -0.138. The van der Waals surface area contributed by atoms with Crippen molar-refractivity contribution in [2.45, 2.75) is 38.8 Å². The smallest absolute Gasteiger partial charge is 0.248 e. The number of amides is 1. The van der Waals surface area contributed by atoms with E-state index in [0.717, 1.165) is 19.4 Å². The third-order valence-corrected chi connectivity index (χ3v) is 2.77. The molecule has 1 aliphatic heterocycles. The van der Waals surface area contributed by atoms with Crippen LogP contribution in [0.15, 0.2) is 0 Å². The Hall–Kier alpha value is -0.280. The SMILES string of the molecule is CC(C)OCC(=O)N1CCCC1CCl. The zero-order valence-corrected chi connectivity index (χ0v) is 9.59. The van der Waals surface area contributed by atoms with Crippen LogP contribution in [0.25, 0.3) is 0 Å². The largest absolute Gasteiger partial charge is 0.369 e. The molecule has 4 heteroatoms. The highest BCUT2D eigenvalue weighted by atomic mass is 35.5. The topological polar surface area (TPSA) is 29.5 Å². The van der Waals surface area contributed by atoms with Gasteiger partial charge in [-0.2, -0.15) is 0 Å². The normalized spacial score (nSPS) is 22.0. The number of hydrogen-bond acceptors (Lipinski definition) is 2. The summed E-state index contributed by atoms with van der Waals surface area (Å²) in [5.74, 6) is 0.606. The van der Waals surface area contributed by atoms with E-state index in [9.17, 15) is 4.79 Å². The number of likely N-dealkylation sites (tertiary alicyclic amines) is 1. The van der Waals surface area contributed by atoms with Gasteiger partial charge in [-0.05, 0) is 26.7 Å². The first kappa shape index (κ1) is 11.8. The zero-order chi connectivity index (χ0) is 10.6. The first-order chi connectivity index (χ1) is 6.65. The minimum Gasteiger partial charge on any atom is -0.369 e. The number of carbonyl (C=O) groups excluding carboxylic acids is 1. The standard InChI is InChI=1S/C10H18ClNO2/c1-8(2)14-7-10(13)12-5-3-4-9(12)6-11/h8-9H,3-7H2,1-2H3. The summed E-state index contributed by atoms with van der Waals surface area (Å²) >= 11 is 5.77. The molecule has 1 rings (SSSR count). The van der Waals surface area contributed by atoms with E-state index in [0.29, 0.717) is 5.88 Å². The first-order valence-corrected chi connectivity index (χ1v) is 5.65. The van der Waals surface area contributed by atoms with Gasteiger partial charge in [-0.25, -0.2) is 0 Å². The van der Waals surface area contributed by atoms with Crippen molar-refractivity contribution in [1.29, 1.82) is 0 Å². The van der Waals surface area contributed by atoms with Crippen LogP contribution in [0.1, 0.15) is 26.7 Å². The number of hydrogen-bond donors (Lipinski definition) is 0. The molecule has 14 heavy (non-hydrogen) atoms. The highest BCUT2D eigenvalue weighted by Crippen LogP contribution is 2.18. The third kappa shape index (κ3) is 3.14. The average molecular weight is 220 g/mol. The second kappa shape index (κ2) is 5.56. The van der Waals surface area contributed by atoms with Crippen LogP contribution in [0.3, 0.4) is 0 Å². The molecular formula is C10H18ClNO2. The van der Waals surface area contributed by atoms with Crippen molar-refractivity contribution in [1.82, 2.24) is 4.90 Å². The van der Waals surface area contributed by atoms with Crippen LogP contribution in [0.2, 0.25) is 0 Å². The Bertz CT molecular complexity index is 197. The lowest BCUT2D eigenvalue weighted by Crippen LogP contribution is -2.39. The maximum Gasteiger partial charge on any atom is 0.248 e. The molecule has 82 valence electrons. The van der Waals surface area contributed by atoms with E-state index in [4.69, 9.17) is 16.3 Å². The van der Waals surface area contributed by atoms with Gasteiger partial charge in [0.15, 0.2) is 0 Å². The average Bonchev–Trinajstić information content (AvgIpc) is 2.61. The van der Waals surface area contributed by atoms with Gasteiger partial charge in [0.05, 0.1) is 6.10 Å². The molecule has 1 amide bonds. The van der Waals surface area contributed by atoms with Crippen LogP contribution in [0.4, 0.5) is 0 Å². The van der Waals surface area contributed by atoms with Crippen LogP contribution in [-0.2, 0) is 9.53 Å². The fourth-order valence-corrected chi connectivity index (χ4v) is 1.97. The van der Waals surface area contributed by atoms with Crippen LogP contribution >= 0.6 is 11.6 Å². The Balaban J connectivity index is 2.35. The molecule has 1 heterocycles. The summed E-state index contributed by atoms with van der Waals surface area (Å²) < 4.78 is 5.27. The van der Waals surface area contributed by atoms with Gasteiger partial charge < -0.3 is 9.64 Å². The van der Waals surface area contributed by atoms with Crippen LogP contribution < -0.4 is 0 Å². The molecule has 0 saturated carbocycles. The Morgan fingerprint density at radius 3 is 2.93 bits per heavy atom. The van der Waals surface area contributed by atoms with E-state index in [-0.39, 0.29) is 24.7 Å². The van der Waals surface area contributed by atoms with Crippen molar-refractivity contribution >= 4 is 17.5 Å². The van der Waals surface area contributed by atoms with E-state index >= 15 is 0 Å². The van der Waals surface area contributed by atoms with Crippen molar-refractivity contribution in [3.05, 3.63) is 0 Å². The van der Waals surface area contributed by atoms with E-state index in [1.165, 1.54) is 0 Å². The minimum atomic E-state index is 0.0712. The van der Waals surface area contributed by atoms with Gasteiger partial charge in [0.25, 0.3) is 0 Å². The summed E-state index contributed by atoms with van der Waals surface area (Å²) in [5.41, 5.74) is 0. The lowest BCUT2D eigenvalue weighted by Gasteiger charge is -2.23. The molecular weight excluding hydrogens is 202 g/mol. The molecule has 3 nitrogen and oxygen atoms in total. The van der Waals surface area contributed by atoms with Gasteiger partial charge in [-0.1, -0.05) is 0 Å². The van der Waals surface area contributed by atoms with E-state index in [1.807, 2.05) is 18.7 Å². The Morgan fingerprint density at radius 1 is 1.64 bits per heavy atom. The molecule has 0 aromatic heterocycles. The summed E-state index contributed by atoms with van der Waals surface area (Å²) in [4.78, 5) is 13.5. The van der Waals surface area contributed by atoms with Crippen LogP contribution in [0.5, 0.6) is 0 Å². The van der Waals surface area contributed by atoms with Crippen molar-refractivity contribution in [2.24, 2.45) is 0 Å². The second-order valence-corrected chi connectivity index (χ2v) is 4.21. The number of alkyl halides is 1. The molecule has 0 aromatic carbocycles. The third-order valence-electron chi connectivity index (χ3n) is 2.42. The van der Waals surface area contributed by atoms with Crippen molar-refractivity contribution < 1.29 is 9.53 Å². The van der Waals surface area contributed by atoms with E-state index in [2.05, 4.69) is 0 Å². The van der Waals surface area contributed by atoms with Crippen LogP contribution in [-0.4, -0.2) is 42.0 Å². The maximum absolute atomic E-state index is 11.7. The molecule has 0 aromatic rings. The van der Waals surface area contributed by atoms with Gasteiger partial charge in [0.1, 0.15) is 6.61 Å². The van der Waals surface area contributed by atoms with Crippen LogP contribution in [0, 0.1) is 0 Å². The quantitative estimate of drug-likeness (QED) is 0.673. The number of carbonyl (C=O) groups is 1. The summed E-state index contributed by atoms with van der Waals surface area (Å²) in [5, 5.41) is 0. The maximum atomic E-state index is 11.7. The van der Waals surface area contributed by atoms with Crippen molar-refractivity contribution in [2.75, 3.05) is 19.0 Å². The molecule has 1 atom stereocenters. The molecule has 1 unspecified atom stereocenters. The Kier molecular flexibility index (Phi) is 4.69. The number of nitrogens with zero attached hydrogens (tertiary/aromatic N) is 1. The molecule has 1 fully saturated rings. The Labute approximate surface area is 90.4 Å². The van der Waals surface area contributed by atoms with Gasteiger partial charge in [-0.3, -0.25) is 4.79 Å². The van der Waals surface area contributed by atoms with Crippen molar-refractivity contribution in [3.8, 4) is 0 Å². The molecule has 0 spiro atoms. The zero-order valence-electron chi connectivity index (χ0n) is 8.83. The highest BCUT2D eigenvalue weighted by Gasteiger charge is 2.27. The predicted molar refractivity (Wildman–Crippen MR) is 56.5 cm³/mol. The summed E-state index contributed by atoms with van der Waals surface area (Å²) in [6.45, 7) is 4.87. The minimum absolute atomic E-state index is 0.0712. The molecule has 1 saturated heterocycles. The van der Waals surface area contributed by atoms with E-state index < -0.39 is 0 Å². The molecule has 1 aliphatic rings. The monoisotopic (exact) mass is 219 g/mol. The number of ether oxygens (including phenoxy) is 1. The Morgan fingerprint density at radius 2 is 2.36 bits per heavy atom. The van der Waals surface area contributed by atoms with Gasteiger partial charge in [-0.15, -0.1) is 11.6 Å². The number of rotatable bonds is 4. The summed E-state index contributed by atoms with van der Waals surface area (Å²) in [6, 6.07) is 0.222. The summed E-state index contributed by atoms with van der Waals surface area (Å²) in [6.07, 6.45) is 2.19. The van der Waals surface area contributed by atoms with Gasteiger partial charge in [0.2, 0.25) is 5.91 Å².